The molecule has 1 aliphatic rings. The largest absolute Gasteiger partial charge is 0.476 e. The number of para-hydroxylation sites is 3. The molecule has 0 saturated heterocycles. The predicted molar refractivity (Wildman–Crippen MR) is 121 cm³/mol. The van der Waals surface area contributed by atoms with Gasteiger partial charge in [-0.3, -0.25) is 19.3 Å². The number of aromatic nitrogens is 2. The number of ether oxygens (including phenoxy) is 1. The lowest BCUT2D eigenvalue weighted by atomic mass is 10.1. The van der Waals surface area contributed by atoms with E-state index in [9.17, 15) is 14.4 Å². The lowest BCUT2D eigenvalue weighted by molar-refractivity contribution is -0.135. The molecule has 0 spiro atoms. The van der Waals surface area contributed by atoms with E-state index in [0.717, 1.165) is 0 Å². The number of fused-ring (bicyclic) bond motifs is 1. The highest BCUT2D eigenvalue weighted by Crippen LogP contribution is 2.34. The van der Waals surface area contributed by atoms with Crippen molar-refractivity contribution in [3.8, 4) is 11.4 Å². The van der Waals surface area contributed by atoms with Crippen molar-refractivity contribution >= 4 is 29.1 Å². The normalized spacial score (nSPS) is 15.0. The van der Waals surface area contributed by atoms with Gasteiger partial charge in [0.15, 0.2) is 11.8 Å². The first kappa shape index (κ1) is 21.6. The van der Waals surface area contributed by atoms with Gasteiger partial charge in [-0.1, -0.05) is 35.9 Å². The standard InChI is InChI=1S/C23H21ClN4O4/c1-14-12-18(29)21(25-28(14)16-9-5-4-8-15(16)24)23(31)27-13-20(22(30)26(2)3)32-19-11-7-6-10-17(19)27/h4-12,20H,13H2,1-3H3. The molecule has 0 bridgehead atoms. The van der Waals surface area contributed by atoms with Gasteiger partial charge in [-0.2, -0.15) is 5.10 Å². The monoisotopic (exact) mass is 452 g/mol. The molecule has 1 unspecified atom stereocenters. The molecule has 0 radical (unpaired) electrons. The highest BCUT2D eigenvalue weighted by molar-refractivity contribution is 6.32. The number of nitrogens with zero attached hydrogens (tertiary/aromatic N) is 4. The molecule has 2 amide bonds. The first-order valence-corrected chi connectivity index (χ1v) is 10.3. The minimum Gasteiger partial charge on any atom is -0.476 e. The molecule has 1 aliphatic heterocycles. The number of rotatable bonds is 3. The number of benzene rings is 2. The summed E-state index contributed by atoms with van der Waals surface area (Å²) in [6.45, 7) is 1.66. The Hall–Kier alpha value is -3.65. The highest BCUT2D eigenvalue weighted by Gasteiger charge is 2.36. The number of halogens is 1. The molecule has 2 heterocycles. The summed E-state index contributed by atoms with van der Waals surface area (Å²) >= 11 is 6.31. The van der Waals surface area contributed by atoms with Crippen molar-refractivity contribution in [1.82, 2.24) is 14.7 Å². The third kappa shape index (κ3) is 3.85. The van der Waals surface area contributed by atoms with Crippen molar-refractivity contribution in [2.45, 2.75) is 13.0 Å². The van der Waals surface area contributed by atoms with Crippen LogP contribution in [0, 0.1) is 6.92 Å². The minimum absolute atomic E-state index is 0.0477. The molecule has 4 rings (SSSR count). The molecule has 0 N–H and O–H groups in total. The Morgan fingerprint density at radius 3 is 2.44 bits per heavy atom. The second kappa shape index (κ2) is 8.47. The van der Waals surface area contributed by atoms with Crippen LogP contribution in [0.5, 0.6) is 5.75 Å². The van der Waals surface area contributed by atoms with Crippen LogP contribution in [0.4, 0.5) is 5.69 Å². The Morgan fingerprint density at radius 1 is 1.09 bits per heavy atom. The van der Waals surface area contributed by atoms with E-state index in [-0.39, 0.29) is 18.1 Å². The van der Waals surface area contributed by atoms with Gasteiger partial charge in [-0.15, -0.1) is 0 Å². The maximum Gasteiger partial charge on any atom is 0.283 e. The summed E-state index contributed by atoms with van der Waals surface area (Å²) in [7, 11) is 3.23. The minimum atomic E-state index is -0.903. The van der Waals surface area contributed by atoms with Crippen LogP contribution >= 0.6 is 11.6 Å². The Bertz CT molecular complexity index is 1270. The molecule has 1 aromatic heterocycles. The number of amides is 2. The highest BCUT2D eigenvalue weighted by atomic mass is 35.5. The fraction of sp³-hybridized carbons (Fsp3) is 0.217. The van der Waals surface area contributed by atoms with Gasteiger partial charge in [0, 0.05) is 25.9 Å². The predicted octanol–water partition coefficient (Wildman–Crippen LogP) is 2.69. The molecule has 1 atom stereocenters. The summed E-state index contributed by atoms with van der Waals surface area (Å²) in [5, 5.41) is 4.78. The van der Waals surface area contributed by atoms with Crippen LogP contribution in [0.25, 0.3) is 5.69 Å². The van der Waals surface area contributed by atoms with Gasteiger partial charge < -0.3 is 9.64 Å². The van der Waals surface area contributed by atoms with Crippen LogP contribution in [-0.4, -0.2) is 53.2 Å². The third-order valence-electron chi connectivity index (χ3n) is 5.13. The van der Waals surface area contributed by atoms with Crippen molar-refractivity contribution in [2.24, 2.45) is 0 Å². The summed E-state index contributed by atoms with van der Waals surface area (Å²) < 4.78 is 7.29. The molecule has 0 fully saturated rings. The molecule has 32 heavy (non-hydrogen) atoms. The molecule has 0 saturated carbocycles. The van der Waals surface area contributed by atoms with Gasteiger partial charge in [-0.25, -0.2) is 4.68 Å². The molecule has 0 aliphatic carbocycles. The van der Waals surface area contributed by atoms with Gasteiger partial charge in [-0.05, 0) is 31.2 Å². The van der Waals surface area contributed by atoms with Crippen molar-refractivity contribution < 1.29 is 14.3 Å². The Balaban J connectivity index is 1.80. The van der Waals surface area contributed by atoms with Crippen molar-refractivity contribution in [2.75, 3.05) is 25.5 Å². The summed E-state index contributed by atoms with van der Waals surface area (Å²) in [5.41, 5.74) is 0.747. The number of aryl methyl sites for hydroxylation is 1. The van der Waals surface area contributed by atoms with Gasteiger partial charge in [0.1, 0.15) is 5.75 Å². The van der Waals surface area contributed by atoms with Gasteiger partial charge in [0.25, 0.3) is 11.8 Å². The van der Waals surface area contributed by atoms with E-state index in [1.54, 1.807) is 69.6 Å². The number of anilines is 1. The van der Waals surface area contributed by atoms with E-state index >= 15 is 0 Å². The lowest BCUT2D eigenvalue weighted by Gasteiger charge is -2.34. The summed E-state index contributed by atoms with van der Waals surface area (Å²) in [4.78, 5) is 41.6. The molecular formula is C23H21ClN4O4. The average Bonchev–Trinajstić information content (AvgIpc) is 2.78. The van der Waals surface area contributed by atoms with Crippen LogP contribution in [-0.2, 0) is 4.79 Å². The fourth-order valence-electron chi connectivity index (χ4n) is 3.53. The fourth-order valence-corrected chi connectivity index (χ4v) is 3.75. The van der Waals surface area contributed by atoms with Crippen LogP contribution in [0.2, 0.25) is 5.02 Å². The van der Waals surface area contributed by atoms with E-state index in [4.69, 9.17) is 16.3 Å². The van der Waals surface area contributed by atoms with Gasteiger partial charge in [0.2, 0.25) is 5.43 Å². The molecule has 164 valence electrons. The number of hydrogen-bond donors (Lipinski definition) is 0. The summed E-state index contributed by atoms with van der Waals surface area (Å²) in [5.74, 6) is -0.531. The Kier molecular flexibility index (Phi) is 5.71. The van der Waals surface area contributed by atoms with E-state index in [0.29, 0.717) is 27.8 Å². The van der Waals surface area contributed by atoms with Crippen LogP contribution in [0.1, 0.15) is 16.2 Å². The first-order chi connectivity index (χ1) is 15.3. The van der Waals surface area contributed by atoms with Gasteiger partial charge in [0.05, 0.1) is 22.9 Å². The van der Waals surface area contributed by atoms with Crippen LogP contribution in [0.15, 0.2) is 59.4 Å². The number of likely N-dealkylation sites (N-methyl/N-ethyl adjacent to an activating group) is 1. The molecule has 3 aromatic rings. The summed E-state index contributed by atoms with van der Waals surface area (Å²) in [6, 6.07) is 15.2. The third-order valence-corrected chi connectivity index (χ3v) is 5.45. The Morgan fingerprint density at radius 2 is 1.75 bits per heavy atom. The maximum atomic E-state index is 13.5. The second-order valence-corrected chi connectivity index (χ2v) is 7.99. The summed E-state index contributed by atoms with van der Waals surface area (Å²) in [6.07, 6.45) is -0.903. The zero-order chi connectivity index (χ0) is 23.0. The Labute approximate surface area is 189 Å². The zero-order valence-corrected chi connectivity index (χ0v) is 18.5. The van der Waals surface area contributed by atoms with Gasteiger partial charge >= 0.3 is 0 Å². The van der Waals surface area contributed by atoms with E-state index in [1.807, 2.05) is 0 Å². The number of hydrogen-bond acceptors (Lipinski definition) is 5. The van der Waals surface area contributed by atoms with Crippen molar-refractivity contribution in [1.29, 1.82) is 0 Å². The molecular weight excluding hydrogens is 432 g/mol. The second-order valence-electron chi connectivity index (χ2n) is 7.58. The smallest absolute Gasteiger partial charge is 0.283 e. The van der Waals surface area contributed by atoms with Crippen LogP contribution in [0.3, 0.4) is 0 Å². The quantitative estimate of drug-likeness (QED) is 0.610. The van der Waals surface area contributed by atoms with Crippen molar-refractivity contribution in [3.63, 3.8) is 0 Å². The molecule has 8 nitrogen and oxygen atoms in total. The lowest BCUT2D eigenvalue weighted by Crippen LogP contribution is -2.51. The van der Waals surface area contributed by atoms with Crippen molar-refractivity contribution in [3.05, 3.63) is 81.2 Å². The van der Waals surface area contributed by atoms with E-state index < -0.39 is 17.4 Å². The average molecular weight is 453 g/mol. The van der Waals surface area contributed by atoms with E-state index in [2.05, 4.69) is 5.10 Å². The SMILES string of the molecule is Cc1cc(=O)c(C(=O)N2CC(C(=O)N(C)C)Oc3ccccc32)nn1-c1ccccc1Cl. The maximum absolute atomic E-state index is 13.5. The topological polar surface area (TPSA) is 84.7 Å². The number of carbonyl (C=O) groups is 2. The molecule has 9 heteroatoms. The molecule has 2 aromatic carbocycles. The van der Waals surface area contributed by atoms with Crippen LogP contribution < -0.4 is 15.1 Å². The van der Waals surface area contributed by atoms with E-state index in [1.165, 1.54) is 20.5 Å². The number of carbonyl (C=O) groups excluding carboxylic acids is 2. The first-order valence-electron chi connectivity index (χ1n) is 9.92. The zero-order valence-electron chi connectivity index (χ0n) is 17.8.